The Morgan fingerprint density at radius 3 is 2.50 bits per heavy atom. The highest BCUT2D eigenvalue weighted by Gasteiger charge is 2.13. The Hall–Kier alpha value is -1.36. The van der Waals surface area contributed by atoms with E-state index in [2.05, 4.69) is 26.6 Å². The van der Waals surface area contributed by atoms with Gasteiger partial charge in [-0.3, -0.25) is 9.59 Å². The number of amides is 2. The monoisotopic (exact) mass is 312 g/mol. The second-order valence-corrected chi connectivity index (χ2v) is 5.38. The van der Waals surface area contributed by atoms with Crippen molar-refractivity contribution in [3.63, 3.8) is 0 Å². The number of carbonyl (C=O) groups is 2. The quantitative estimate of drug-likeness (QED) is 0.842. The second-order valence-electron chi connectivity index (χ2n) is 4.52. The number of benzene rings is 1. The van der Waals surface area contributed by atoms with Gasteiger partial charge in [-0.05, 0) is 30.5 Å². The van der Waals surface area contributed by atoms with Gasteiger partial charge in [0.15, 0.2) is 0 Å². The third kappa shape index (κ3) is 4.49. The lowest BCUT2D eigenvalue weighted by Gasteiger charge is -2.09. The molecule has 1 aromatic carbocycles. The fraction of sp³-hybridized carbons (Fsp3) is 0.385. The van der Waals surface area contributed by atoms with Crippen LogP contribution in [0.4, 0.5) is 5.69 Å². The molecule has 5 heteroatoms. The maximum absolute atomic E-state index is 11.6. The van der Waals surface area contributed by atoms with E-state index in [4.69, 9.17) is 0 Å². The van der Waals surface area contributed by atoms with Crippen molar-refractivity contribution in [3.05, 3.63) is 28.2 Å². The topological polar surface area (TPSA) is 58.2 Å². The van der Waals surface area contributed by atoms with Gasteiger partial charge >= 0.3 is 11.8 Å². The van der Waals surface area contributed by atoms with Crippen molar-refractivity contribution in [1.29, 1.82) is 0 Å². The van der Waals surface area contributed by atoms with Crippen molar-refractivity contribution in [2.45, 2.75) is 20.8 Å². The number of hydrogen-bond acceptors (Lipinski definition) is 2. The van der Waals surface area contributed by atoms with Crippen LogP contribution in [-0.4, -0.2) is 18.4 Å². The Kier molecular flexibility index (Phi) is 5.34. The first-order valence-electron chi connectivity index (χ1n) is 5.75. The molecule has 0 unspecified atom stereocenters. The largest absolute Gasteiger partial charge is 0.348 e. The van der Waals surface area contributed by atoms with Gasteiger partial charge in [0, 0.05) is 16.7 Å². The van der Waals surface area contributed by atoms with E-state index >= 15 is 0 Å². The lowest BCUT2D eigenvalue weighted by Crippen LogP contribution is -2.37. The molecule has 0 saturated carbocycles. The first-order valence-corrected chi connectivity index (χ1v) is 6.54. The smallest absolute Gasteiger partial charge is 0.313 e. The van der Waals surface area contributed by atoms with E-state index in [9.17, 15) is 9.59 Å². The molecule has 0 fully saturated rings. The molecule has 18 heavy (non-hydrogen) atoms. The molecule has 0 radical (unpaired) electrons. The van der Waals surface area contributed by atoms with Gasteiger partial charge < -0.3 is 10.6 Å². The van der Waals surface area contributed by atoms with Crippen molar-refractivity contribution in [1.82, 2.24) is 5.32 Å². The highest BCUT2D eigenvalue weighted by Crippen LogP contribution is 2.20. The average Bonchev–Trinajstić information content (AvgIpc) is 2.30. The summed E-state index contributed by atoms with van der Waals surface area (Å²) in [6.45, 7) is 6.37. The van der Waals surface area contributed by atoms with Crippen LogP contribution in [0.1, 0.15) is 19.4 Å². The molecule has 0 aliphatic carbocycles. The van der Waals surface area contributed by atoms with E-state index in [0.29, 0.717) is 18.2 Å². The summed E-state index contributed by atoms with van der Waals surface area (Å²) in [5.74, 6) is -0.943. The van der Waals surface area contributed by atoms with Gasteiger partial charge in [-0.25, -0.2) is 0 Å². The number of anilines is 1. The summed E-state index contributed by atoms with van der Waals surface area (Å²) in [5, 5.41) is 5.12. The number of nitrogens with one attached hydrogen (secondary N) is 2. The Morgan fingerprint density at radius 2 is 1.94 bits per heavy atom. The maximum Gasteiger partial charge on any atom is 0.313 e. The summed E-state index contributed by atoms with van der Waals surface area (Å²) in [7, 11) is 0. The lowest BCUT2D eigenvalue weighted by molar-refractivity contribution is -0.136. The molecule has 1 aromatic rings. The molecule has 0 spiro atoms. The normalized spacial score (nSPS) is 10.3. The van der Waals surface area contributed by atoms with Crippen LogP contribution in [0, 0.1) is 12.8 Å². The van der Waals surface area contributed by atoms with Gasteiger partial charge in [0.25, 0.3) is 0 Å². The first-order chi connectivity index (χ1) is 8.40. The third-order valence-electron chi connectivity index (χ3n) is 2.31. The summed E-state index contributed by atoms with van der Waals surface area (Å²) >= 11 is 3.37. The molecule has 2 amide bonds. The highest BCUT2D eigenvalue weighted by atomic mass is 79.9. The zero-order valence-electron chi connectivity index (χ0n) is 10.7. The summed E-state index contributed by atoms with van der Waals surface area (Å²) in [6, 6.07) is 5.39. The third-order valence-corrected chi connectivity index (χ3v) is 3.16. The Morgan fingerprint density at radius 1 is 1.28 bits per heavy atom. The van der Waals surface area contributed by atoms with Crippen molar-refractivity contribution in [2.75, 3.05) is 11.9 Å². The molecular weight excluding hydrogens is 296 g/mol. The minimum atomic E-state index is -0.647. The van der Waals surface area contributed by atoms with Crippen molar-refractivity contribution < 1.29 is 9.59 Å². The van der Waals surface area contributed by atoms with Crippen molar-refractivity contribution in [2.24, 2.45) is 5.92 Å². The fourth-order valence-corrected chi connectivity index (χ4v) is 1.61. The van der Waals surface area contributed by atoms with Gasteiger partial charge in [0.1, 0.15) is 0 Å². The van der Waals surface area contributed by atoms with Gasteiger partial charge in [0.05, 0.1) is 0 Å². The number of carbonyl (C=O) groups excluding carboxylic acids is 2. The Labute approximate surface area is 115 Å². The van der Waals surface area contributed by atoms with E-state index in [0.717, 1.165) is 10.0 Å². The van der Waals surface area contributed by atoms with Crippen LogP contribution in [0.3, 0.4) is 0 Å². The van der Waals surface area contributed by atoms with E-state index in [1.165, 1.54) is 0 Å². The minimum absolute atomic E-state index is 0.315. The van der Waals surface area contributed by atoms with E-state index in [1.54, 1.807) is 12.1 Å². The number of aryl methyl sites for hydroxylation is 1. The van der Waals surface area contributed by atoms with E-state index < -0.39 is 11.8 Å². The van der Waals surface area contributed by atoms with Crippen LogP contribution in [0.25, 0.3) is 0 Å². The Bertz CT molecular complexity index is 458. The number of halogens is 1. The van der Waals surface area contributed by atoms with Crippen LogP contribution in [0.15, 0.2) is 22.7 Å². The van der Waals surface area contributed by atoms with Gasteiger partial charge in [0.2, 0.25) is 0 Å². The van der Waals surface area contributed by atoms with Crippen LogP contribution < -0.4 is 10.6 Å². The predicted octanol–water partition coefficient (Wildman–Crippen LogP) is 2.47. The molecule has 0 atom stereocenters. The molecule has 0 aromatic heterocycles. The molecule has 0 heterocycles. The van der Waals surface area contributed by atoms with Crippen molar-refractivity contribution >= 4 is 33.4 Å². The first kappa shape index (κ1) is 14.7. The summed E-state index contributed by atoms with van der Waals surface area (Å²) < 4.78 is 0.892. The van der Waals surface area contributed by atoms with Crippen LogP contribution in [0.2, 0.25) is 0 Å². The maximum atomic E-state index is 11.6. The molecule has 2 N–H and O–H groups in total. The summed E-state index contributed by atoms with van der Waals surface area (Å²) in [5.41, 5.74) is 1.66. The summed E-state index contributed by atoms with van der Waals surface area (Å²) in [4.78, 5) is 23.1. The number of rotatable bonds is 3. The van der Waals surface area contributed by atoms with E-state index in [1.807, 2.05) is 26.8 Å². The molecule has 4 nitrogen and oxygen atoms in total. The predicted molar refractivity (Wildman–Crippen MR) is 75.4 cm³/mol. The Balaban J connectivity index is 2.58. The zero-order chi connectivity index (χ0) is 13.7. The SMILES string of the molecule is Cc1ccc(NC(=O)C(=O)NCC(C)C)cc1Br. The molecule has 0 aliphatic heterocycles. The lowest BCUT2D eigenvalue weighted by atomic mass is 10.2. The molecule has 0 aliphatic rings. The van der Waals surface area contributed by atoms with Crippen LogP contribution in [0.5, 0.6) is 0 Å². The molecule has 0 bridgehead atoms. The van der Waals surface area contributed by atoms with Gasteiger partial charge in [-0.2, -0.15) is 0 Å². The average molecular weight is 313 g/mol. The van der Waals surface area contributed by atoms with Crippen LogP contribution >= 0.6 is 15.9 Å². The molecular formula is C13H17BrN2O2. The van der Waals surface area contributed by atoms with E-state index in [-0.39, 0.29) is 0 Å². The minimum Gasteiger partial charge on any atom is -0.348 e. The highest BCUT2D eigenvalue weighted by molar-refractivity contribution is 9.10. The second kappa shape index (κ2) is 6.54. The van der Waals surface area contributed by atoms with Gasteiger partial charge in [-0.15, -0.1) is 0 Å². The van der Waals surface area contributed by atoms with Gasteiger partial charge in [-0.1, -0.05) is 35.8 Å². The van der Waals surface area contributed by atoms with Crippen molar-refractivity contribution in [3.8, 4) is 0 Å². The van der Waals surface area contributed by atoms with Crippen LogP contribution in [-0.2, 0) is 9.59 Å². The standard InChI is InChI=1S/C13H17BrN2O2/c1-8(2)7-15-12(17)13(18)16-10-5-4-9(3)11(14)6-10/h4-6,8H,7H2,1-3H3,(H,15,17)(H,16,18). The fourth-order valence-electron chi connectivity index (χ4n) is 1.24. The molecule has 1 rings (SSSR count). The number of hydrogen-bond donors (Lipinski definition) is 2. The molecule has 98 valence electrons. The zero-order valence-corrected chi connectivity index (χ0v) is 12.3. The summed E-state index contributed by atoms with van der Waals surface area (Å²) in [6.07, 6.45) is 0. The molecule has 0 saturated heterocycles.